The summed E-state index contributed by atoms with van der Waals surface area (Å²) < 4.78 is 25.9. The molecule has 2 aromatic rings. The van der Waals surface area contributed by atoms with Crippen molar-refractivity contribution in [1.29, 1.82) is 0 Å². The largest absolute Gasteiger partial charge is 0.218 e. The zero-order valence-corrected chi connectivity index (χ0v) is 14.9. The SMILES string of the molecule is CC(C)c1ccc2c(c1)Sc1ccc(C(C)C)cc1S2(=O)=O. The van der Waals surface area contributed by atoms with E-state index in [1.165, 1.54) is 5.56 Å². The van der Waals surface area contributed by atoms with Crippen molar-refractivity contribution in [2.75, 3.05) is 0 Å². The van der Waals surface area contributed by atoms with E-state index >= 15 is 0 Å². The standard InChI is InChI=1S/C18H20O2S2/c1-11(2)13-6-8-17-16(9-13)21-15-7-5-14(12(3)4)10-18(15)22(17,19)20/h5-12H,1-4H3. The first-order valence-electron chi connectivity index (χ1n) is 7.51. The van der Waals surface area contributed by atoms with Crippen LogP contribution in [0.25, 0.3) is 0 Å². The lowest BCUT2D eigenvalue weighted by atomic mass is 10.0. The van der Waals surface area contributed by atoms with Gasteiger partial charge in [0.05, 0.1) is 9.79 Å². The molecular formula is C18H20O2S2. The Hall–Kier alpha value is -1.26. The lowest BCUT2D eigenvalue weighted by Gasteiger charge is -2.21. The third kappa shape index (κ3) is 2.48. The Morgan fingerprint density at radius 2 is 1.36 bits per heavy atom. The van der Waals surface area contributed by atoms with Gasteiger partial charge in [-0.05, 0) is 47.2 Å². The van der Waals surface area contributed by atoms with Crippen molar-refractivity contribution in [1.82, 2.24) is 0 Å². The van der Waals surface area contributed by atoms with Crippen molar-refractivity contribution < 1.29 is 8.42 Å². The molecule has 2 nitrogen and oxygen atoms in total. The van der Waals surface area contributed by atoms with Crippen molar-refractivity contribution in [3.05, 3.63) is 47.5 Å². The van der Waals surface area contributed by atoms with Gasteiger partial charge in [0, 0.05) is 9.79 Å². The minimum atomic E-state index is -3.42. The average molecular weight is 332 g/mol. The van der Waals surface area contributed by atoms with Crippen LogP contribution in [-0.2, 0) is 9.84 Å². The fourth-order valence-electron chi connectivity index (χ4n) is 2.60. The summed E-state index contributed by atoms with van der Waals surface area (Å²) >= 11 is 1.56. The van der Waals surface area contributed by atoms with E-state index in [1.807, 2.05) is 30.3 Å². The summed E-state index contributed by atoms with van der Waals surface area (Å²) in [4.78, 5) is 2.57. The van der Waals surface area contributed by atoms with Gasteiger partial charge < -0.3 is 0 Å². The van der Waals surface area contributed by atoms with Gasteiger partial charge >= 0.3 is 0 Å². The van der Waals surface area contributed by atoms with E-state index in [0.717, 1.165) is 15.4 Å². The second-order valence-electron chi connectivity index (χ2n) is 6.33. The average Bonchev–Trinajstić information content (AvgIpc) is 2.46. The molecule has 4 heteroatoms. The molecule has 1 aliphatic rings. The van der Waals surface area contributed by atoms with E-state index in [1.54, 1.807) is 17.8 Å². The fourth-order valence-corrected chi connectivity index (χ4v) is 5.84. The monoisotopic (exact) mass is 332 g/mol. The molecule has 0 unspecified atom stereocenters. The van der Waals surface area contributed by atoms with Crippen molar-refractivity contribution in [2.45, 2.75) is 59.1 Å². The molecule has 116 valence electrons. The van der Waals surface area contributed by atoms with Crippen LogP contribution in [0.4, 0.5) is 0 Å². The number of rotatable bonds is 2. The highest BCUT2D eigenvalue weighted by atomic mass is 32.2. The second-order valence-corrected chi connectivity index (χ2v) is 9.30. The fraction of sp³-hybridized carbons (Fsp3) is 0.333. The van der Waals surface area contributed by atoms with Crippen LogP contribution in [0.1, 0.15) is 50.7 Å². The van der Waals surface area contributed by atoms with E-state index in [2.05, 4.69) is 27.7 Å². The van der Waals surface area contributed by atoms with Gasteiger partial charge in [0.25, 0.3) is 0 Å². The third-order valence-electron chi connectivity index (χ3n) is 4.07. The summed E-state index contributed by atoms with van der Waals surface area (Å²) in [5.41, 5.74) is 2.23. The first-order chi connectivity index (χ1) is 10.3. The molecule has 0 radical (unpaired) electrons. The van der Waals surface area contributed by atoms with Crippen molar-refractivity contribution in [3.63, 3.8) is 0 Å². The zero-order chi connectivity index (χ0) is 16.1. The van der Waals surface area contributed by atoms with Crippen LogP contribution in [0.5, 0.6) is 0 Å². The van der Waals surface area contributed by atoms with E-state index in [-0.39, 0.29) is 0 Å². The lowest BCUT2D eigenvalue weighted by Crippen LogP contribution is -2.10. The van der Waals surface area contributed by atoms with Gasteiger partial charge in [0.15, 0.2) is 0 Å². The van der Waals surface area contributed by atoms with Gasteiger partial charge in [-0.25, -0.2) is 8.42 Å². The molecule has 0 amide bonds. The molecule has 2 aromatic carbocycles. The number of hydrogen-bond donors (Lipinski definition) is 0. The van der Waals surface area contributed by atoms with Gasteiger partial charge in [-0.2, -0.15) is 0 Å². The van der Waals surface area contributed by atoms with Crippen LogP contribution in [0.3, 0.4) is 0 Å². The molecule has 0 aromatic heterocycles. The molecule has 3 rings (SSSR count). The van der Waals surface area contributed by atoms with Crippen LogP contribution in [0, 0.1) is 0 Å². The summed E-state index contributed by atoms with van der Waals surface area (Å²) in [6.07, 6.45) is 0. The topological polar surface area (TPSA) is 34.1 Å². The minimum absolute atomic E-state index is 0.315. The highest BCUT2D eigenvalue weighted by molar-refractivity contribution is 8.02. The molecule has 0 fully saturated rings. The first kappa shape index (κ1) is 15.6. The van der Waals surface area contributed by atoms with Gasteiger partial charge in [-0.3, -0.25) is 0 Å². The number of sulfone groups is 1. The van der Waals surface area contributed by atoms with Crippen molar-refractivity contribution >= 4 is 21.6 Å². The summed E-state index contributed by atoms with van der Waals surface area (Å²) in [7, 11) is -3.42. The Labute approximate surface area is 136 Å². The summed E-state index contributed by atoms with van der Waals surface area (Å²) in [6, 6.07) is 11.5. The van der Waals surface area contributed by atoms with Gasteiger partial charge in [-0.15, -0.1) is 0 Å². The maximum atomic E-state index is 12.9. The van der Waals surface area contributed by atoms with Crippen molar-refractivity contribution in [3.8, 4) is 0 Å². The third-order valence-corrected chi connectivity index (χ3v) is 7.31. The van der Waals surface area contributed by atoms with E-state index in [4.69, 9.17) is 0 Å². The highest BCUT2D eigenvalue weighted by Gasteiger charge is 2.30. The van der Waals surface area contributed by atoms with Gasteiger partial charge in [0.1, 0.15) is 0 Å². The quantitative estimate of drug-likeness (QED) is 0.644. The molecule has 0 N–H and O–H groups in total. The number of benzene rings is 2. The molecule has 0 saturated carbocycles. The Bertz CT molecular complexity index is 834. The smallest absolute Gasteiger partial charge is 0.208 e. The first-order valence-corrected chi connectivity index (χ1v) is 9.81. The number of fused-ring (bicyclic) bond motifs is 2. The molecular weight excluding hydrogens is 312 g/mol. The molecule has 1 aliphatic heterocycles. The van der Waals surface area contributed by atoms with Crippen LogP contribution < -0.4 is 0 Å². The molecule has 0 atom stereocenters. The zero-order valence-electron chi connectivity index (χ0n) is 13.3. The Morgan fingerprint density at radius 3 is 2.00 bits per heavy atom. The minimum Gasteiger partial charge on any atom is -0.218 e. The Morgan fingerprint density at radius 1 is 0.773 bits per heavy atom. The molecule has 0 spiro atoms. The molecule has 0 bridgehead atoms. The number of hydrogen-bond acceptors (Lipinski definition) is 3. The molecule has 0 aliphatic carbocycles. The summed E-state index contributed by atoms with van der Waals surface area (Å²) in [5.74, 6) is 0.702. The maximum absolute atomic E-state index is 12.9. The predicted molar refractivity (Wildman–Crippen MR) is 90.6 cm³/mol. The molecule has 0 saturated heterocycles. The van der Waals surface area contributed by atoms with E-state index in [0.29, 0.717) is 21.6 Å². The summed E-state index contributed by atoms with van der Waals surface area (Å²) in [5, 5.41) is 0. The molecule has 1 heterocycles. The normalized spacial score (nSPS) is 15.7. The predicted octanol–water partition coefficient (Wildman–Crippen LogP) is 5.23. The van der Waals surface area contributed by atoms with E-state index < -0.39 is 9.84 Å². The highest BCUT2D eigenvalue weighted by Crippen LogP contribution is 2.46. The van der Waals surface area contributed by atoms with Crippen molar-refractivity contribution in [2.24, 2.45) is 0 Å². The Balaban J connectivity index is 2.19. The maximum Gasteiger partial charge on any atom is 0.208 e. The van der Waals surface area contributed by atoms with Crippen LogP contribution in [0.2, 0.25) is 0 Å². The Kier molecular flexibility index (Phi) is 3.86. The van der Waals surface area contributed by atoms with Crippen LogP contribution in [0.15, 0.2) is 56.0 Å². The van der Waals surface area contributed by atoms with Crippen LogP contribution >= 0.6 is 11.8 Å². The molecule has 22 heavy (non-hydrogen) atoms. The van der Waals surface area contributed by atoms with Gasteiger partial charge in [-0.1, -0.05) is 51.6 Å². The van der Waals surface area contributed by atoms with E-state index in [9.17, 15) is 8.42 Å². The van der Waals surface area contributed by atoms with Crippen LogP contribution in [-0.4, -0.2) is 8.42 Å². The second kappa shape index (κ2) is 5.43. The summed E-state index contributed by atoms with van der Waals surface area (Å²) in [6.45, 7) is 8.39. The van der Waals surface area contributed by atoms with Gasteiger partial charge in [0.2, 0.25) is 9.84 Å². The lowest BCUT2D eigenvalue weighted by molar-refractivity contribution is 0.590.